The first-order chi connectivity index (χ1) is 9.27. The molecule has 3 nitrogen and oxygen atoms in total. The molecule has 0 aliphatic carbocycles. The van der Waals surface area contributed by atoms with Gasteiger partial charge in [0.25, 0.3) is 0 Å². The summed E-state index contributed by atoms with van der Waals surface area (Å²) in [7, 11) is 0. The van der Waals surface area contributed by atoms with Crippen LogP contribution in [-0.4, -0.2) is 36.2 Å². The minimum Gasteiger partial charge on any atom is -0.388 e. The monoisotopic (exact) mass is 279 g/mol. The van der Waals surface area contributed by atoms with Crippen molar-refractivity contribution in [1.29, 1.82) is 0 Å². The van der Waals surface area contributed by atoms with Crippen molar-refractivity contribution in [1.82, 2.24) is 5.32 Å². The van der Waals surface area contributed by atoms with E-state index in [9.17, 15) is 5.11 Å². The fourth-order valence-electron chi connectivity index (χ4n) is 2.79. The Labute approximate surface area is 118 Å². The van der Waals surface area contributed by atoms with Gasteiger partial charge in [0.05, 0.1) is 5.60 Å². The van der Waals surface area contributed by atoms with Crippen LogP contribution in [0.4, 0.5) is 0 Å². The predicted octanol–water partition coefficient (Wildman–Crippen LogP) is 2.11. The molecule has 1 saturated heterocycles. The number of benzene rings is 1. The second-order valence-electron chi connectivity index (χ2n) is 5.48. The molecular formula is C15H21NO2S. The molecule has 0 radical (unpaired) electrons. The lowest BCUT2D eigenvalue weighted by Gasteiger charge is -2.35. The lowest BCUT2D eigenvalue weighted by molar-refractivity contribution is -0.0625. The van der Waals surface area contributed by atoms with E-state index >= 15 is 0 Å². The zero-order chi connectivity index (χ0) is 13.1. The average molecular weight is 279 g/mol. The van der Waals surface area contributed by atoms with Crippen LogP contribution in [0.15, 0.2) is 24.3 Å². The summed E-state index contributed by atoms with van der Waals surface area (Å²) in [4.78, 5) is 0. The van der Waals surface area contributed by atoms with Crippen molar-refractivity contribution in [3.63, 3.8) is 0 Å². The summed E-state index contributed by atoms with van der Waals surface area (Å²) < 4.78 is 5.32. The molecule has 2 N–H and O–H groups in total. The lowest BCUT2D eigenvalue weighted by Crippen LogP contribution is -2.46. The van der Waals surface area contributed by atoms with Gasteiger partial charge in [-0.05, 0) is 11.1 Å². The number of aliphatic hydroxyl groups is 1. The van der Waals surface area contributed by atoms with E-state index in [4.69, 9.17) is 4.74 Å². The summed E-state index contributed by atoms with van der Waals surface area (Å²) in [5.41, 5.74) is 2.24. The number of fused-ring (bicyclic) bond motifs is 1. The zero-order valence-electron chi connectivity index (χ0n) is 11.1. The molecule has 4 heteroatoms. The number of hydrogen-bond donors (Lipinski definition) is 2. The van der Waals surface area contributed by atoms with E-state index in [1.165, 1.54) is 11.1 Å². The van der Waals surface area contributed by atoms with Gasteiger partial charge in [0, 0.05) is 50.1 Å². The molecule has 1 aromatic rings. The minimum atomic E-state index is -0.588. The van der Waals surface area contributed by atoms with Crippen molar-refractivity contribution in [2.45, 2.75) is 30.2 Å². The molecule has 1 unspecified atom stereocenters. The molecule has 3 rings (SSSR count). The molecule has 1 aromatic carbocycles. The largest absolute Gasteiger partial charge is 0.388 e. The number of rotatable bonds is 3. The molecular weight excluding hydrogens is 258 g/mol. The van der Waals surface area contributed by atoms with Crippen LogP contribution < -0.4 is 5.32 Å². The van der Waals surface area contributed by atoms with Crippen LogP contribution in [0.3, 0.4) is 0 Å². The van der Waals surface area contributed by atoms with E-state index in [1.807, 2.05) is 11.8 Å². The van der Waals surface area contributed by atoms with E-state index in [2.05, 4.69) is 29.6 Å². The van der Waals surface area contributed by atoms with Crippen molar-refractivity contribution in [2.75, 3.05) is 25.5 Å². The van der Waals surface area contributed by atoms with Crippen molar-refractivity contribution < 1.29 is 9.84 Å². The second kappa shape index (κ2) is 5.83. The van der Waals surface area contributed by atoms with Crippen LogP contribution in [0, 0.1) is 0 Å². The lowest BCUT2D eigenvalue weighted by atomic mass is 9.93. The minimum absolute atomic E-state index is 0.363. The van der Waals surface area contributed by atoms with Gasteiger partial charge < -0.3 is 15.2 Å². The summed E-state index contributed by atoms with van der Waals surface area (Å²) in [5, 5.41) is 14.1. The predicted molar refractivity (Wildman–Crippen MR) is 78.4 cm³/mol. The Bertz CT molecular complexity index is 432. The summed E-state index contributed by atoms with van der Waals surface area (Å²) >= 11 is 1.96. The van der Waals surface area contributed by atoms with Crippen LogP contribution in [0.5, 0.6) is 0 Å². The van der Waals surface area contributed by atoms with Gasteiger partial charge in [0.2, 0.25) is 0 Å². The van der Waals surface area contributed by atoms with E-state index in [1.54, 1.807) is 0 Å². The molecule has 2 aliphatic rings. The average Bonchev–Trinajstić information content (AvgIpc) is 2.46. The van der Waals surface area contributed by atoms with Gasteiger partial charge in [-0.1, -0.05) is 24.3 Å². The van der Waals surface area contributed by atoms with Crippen LogP contribution >= 0.6 is 11.8 Å². The number of nitrogens with one attached hydrogen (secondary N) is 1. The first-order valence-electron chi connectivity index (χ1n) is 6.96. The molecule has 1 atom stereocenters. The molecule has 0 bridgehead atoms. The first-order valence-corrected chi connectivity index (χ1v) is 8.11. The Morgan fingerprint density at radius 2 is 2.11 bits per heavy atom. The van der Waals surface area contributed by atoms with Gasteiger partial charge in [-0.2, -0.15) is 11.8 Å². The molecule has 2 aliphatic heterocycles. The van der Waals surface area contributed by atoms with Crippen molar-refractivity contribution in [3.05, 3.63) is 35.4 Å². The summed E-state index contributed by atoms with van der Waals surface area (Å²) in [6, 6.07) is 8.99. The van der Waals surface area contributed by atoms with Crippen LogP contribution in [0.1, 0.15) is 30.0 Å². The maximum absolute atomic E-state index is 10.5. The molecule has 0 amide bonds. The van der Waals surface area contributed by atoms with E-state index < -0.39 is 5.60 Å². The Kier molecular flexibility index (Phi) is 4.12. The fraction of sp³-hybridized carbons (Fsp3) is 0.600. The highest BCUT2D eigenvalue weighted by atomic mass is 32.2. The number of thioether (sulfide) groups is 1. The van der Waals surface area contributed by atoms with Crippen molar-refractivity contribution in [3.8, 4) is 0 Å². The van der Waals surface area contributed by atoms with E-state index in [0.29, 0.717) is 25.8 Å². The molecule has 0 spiro atoms. The van der Waals surface area contributed by atoms with Gasteiger partial charge in [-0.25, -0.2) is 0 Å². The maximum atomic E-state index is 10.5. The van der Waals surface area contributed by atoms with Gasteiger partial charge in [-0.3, -0.25) is 0 Å². The van der Waals surface area contributed by atoms with Crippen LogP contribution in [-0.2, 0) is 10.5 Å². The highest BCUT2D eigenvalue weighted by Gasteiger charge is 2.31. The molecule has 1 fully saturated rings. The zero-order valence-corrected chi connectivity index (χ0v) is 11.9. The van der Waals surface area contributed by atoms with Gasteiger partial charge in [-0.15, -0.1) is 0 Å². The first kappa shape index (κ1) is 13.4. The van der Waals surface area contributed by atoms with Gasteiger partial charge >= 0.3 is 0 Å². The summed E-state index contributed by atoms with van der Waals surface area (Å²) in [6.07, 6.45) is 1.48. The Morgan fingerprint density at radius 1 is 1.32 bits per heavy atom. The van der Waals surface area contributed by atoms with Crippen LogP contribution in [0.25, 0.3) is 0 Å². The third-order valence-electron chi connectivity index (χ3n) is 4.07. The smallest absolute Gasteiger partial charge is 0.0815 e. The Hall–Kier alpha value is -0.550. The van der Waals surface area contributed by atoms with Gasteiger partial charge in [0.15, 0.2) is 0 Å². The van der Waals surface area contributed by atoms with E-state index in [0.717, 1.165) is 24.3 Å². The standard InChI is InChI=1S/C15H21NO2S/c17-15(5-7-18-8-6-15)11-16-14-10-19-9-12-3-1-2-4-13(12)14/h1-4,14,16-17H,5-11H2. The van der Waals surface area contributed by atoms with Gasteiger partial charge in [0.1, 0.15) is 0 Å². The third-order valence-corrected chi connectivity index (χ3v) is 5.16. The van der Waals surface area contributed by atoms with Crippen LogP contribution in [0.2, 0.25) is 0 Å². The van der Waals surface area contributed by atoms with E-state index in [-0.39, 0.29) is 0 Å². The second-order valence-corrected chi connectivity index (χ2v) is 6.51. The molecule has 104 valence electrons. The normalized spacial score (nSPS) is 25.8. The number of ether oxygens (including phenoxy) is 1. The Morgan fingerprint density at radius 3 is 2.95 bits per heavy atom. The summed E-state index contributed by atoms with van der Waals surface area (Å²) in [5.74, 6) is 2.19. The maximum Gasteiger partial charge on any atom is 0.0815 e. The topological polar surface area (TPSA) is 41.5 Å². The molecule has 19 heavy (non-hydrogen) atoms. The molecule has 0 saturated carbocycles. The molecule has 2 heterocycles. The highest BCUT2D eigenvalue weighted by molar-refractivity contribution is 7.98. The molecule has 0 aromatic heterocycles. The summed E-state index contributed by atoms with van der Waals surface area (Å²) in [6.45, 7) is 2.01. The SMILES string of the molecule is OC1(CNC2CSCc3ccccc32)CCOCC1. The Balaban J connectivity index is 1.64. The quantitative estimate of drug-likeness (QED) is 0.889. The van der Waals surface area contributed by atoms with Crippen molar-refractivity contribution in [2.24, 2.45) is 0 Å². The number of hydrogen-bond acceptors (Lipinski definition) is 4. The highest BCUT2D eigenvalue weighted by Crippen LogP contribution is 2.32. The third kappa shape index (κ3) is 3.14. The van der Waals surface area contributed by atoms with Crippen molar-refractivity contribution >= 4 is 11.8 Å². The fourth-order valence-corrected chi connectivity index (χ4v) is 3.93.